The standard InChI is InChI=1S/C10H20N2O4/c1-7(2)6-16-11-5-9(10(14)15-4)12-8(3)13/h7,9,11H,5-6H2,1-4H3,(H,12,13). The van der Waals surface area contributed by atoms with E-state index >= 15 is 0 Å². The number of hydroxylamine groups is 1. The number of carbonyl (C=O) groups excluding carboxylic acids is 2. The first-order valence-electron chi connectivity index (χ1n) is 5.17. The van der Waals surface area contributed by atoms with Crippen LogP contribution in [-0.4, -0.2) is 38.2 Å². The molecule has 0 aliphatic carbocycles. The van der Waals surface area contributed by atoms with Crippen LogP contribution < -0.4 is 10.8 Å². The molecule has 6 heteroatoms. The van der Waals surface area contributed by atoms with Crippen molar-refractivity contribution in [2.24, 2.45) is 5.92 Å². The van der Waals surface area contributed by atoms with Crippen LogP contribution >= 0.6 is 0 Å². The number of amides is 1. The molecule has 0 fully saturated rings. The number of methoxy groups -OCH3 is 1. The lowest BCUT2D eigenvalue weighted by Crippen LogP contribution is -2.47. The molecule has 0 radical (unpaired) electrons. The lowest BCUT2D eigenvalue weighted by Gasteiger charge is -2.16. The molecular weight excluding hydrogens is 212 g/mol. The Bertz CT molecular complexity index is 231. The quantitative estimate of drug-likeness (QED) is 0.362. The molecule has 2 N–H and O–H groups in total. The van der Waals surface area contributed by atoms with Crippen LogP contribution in [0.15, 0.2) is 0 Å². The molecule has 1 atom stereocenters. The number of rotatable bonds is 7. The molecule has 0 aliphatic heterocycles. The number of ether oxygens (including phenoxy) is 1. The van der Waals surface area contributed by atoms with E-state index in [2.05, 4.69) is 15.5 Å². The van der Waals surface area contributed by atoms with Gasteiger partial charge in [0, 0.05) is 6.92 Å². The smallest absolute Gasteiger partial charge is 0.329 e. The van der Waals surface area contributed by atoms with Crippen LogP contribution in [0.2, 0.25) is 0 Å². The Kier molecular flexibility index (Phi) is 7.49. The molecule has 0 saturated heterocycles. The molecule has 6 nitrogen and oxygen atoms in total. The Morgan fingerprint density at radius 1 is 1.31 bits per heavy atom. The molecule has 0 bridgehead atoms. The maximum Gasteiger partial charge on any atom is 0.329 e. The highest BCUT2D eigenvalue weighted by Crippen LogP contribution is 1.91. The molecule has 0 aromatic rings. The summed E-state index contributed by atoms with van der Waals surface area (Å²) in [4.78, 5) is 27.2. The highest BCUT2D eigenvalue weighted by Gasteiger charge is 2.19. The van der Waals surface area contributed by atoms with Crippen molar-refractivity contribution in [3.63, 3.8) is 0 Å². The van der Waals surface area contributed by atoms with Crippen LogP contribution in [-0.2, 0) is 19.2 Å². The predicted octanol–water partition coefficient (Wildman–Crippen LogP) is -0.159. The van der Waals surface area contributed by atoms with Crippen molar-refractivity contribution in [1.82, 2.24) is 10.8 Å². The van der Waals surface area contributed by atoms with Crippen LogP contribution in [0.1, 0.15) is 20.8 Å². The summed E-state index contributed by atoms with van der Waals surface area (Å²) < 4.78 is 4.54. The molecular formula is C10H20N2O4. The summed E-state index contributed by atoms with van der Waals surface area (Å²) in [6.45, 7) is 6.07. The van der Waals surface area contributed by atoms with Gasteiger partial charge in [-0.2, -0.15) is 5.48 Å². The minimum atomic E-state index is -0.727. The molecule has 0 rings (SSSR count). The summed E-state index contributed by atoms with van der Waals surface area (Å²) in [6.07, 6.45) is 0. The zero-order chi connectivity index (χ0) is 12.6. The molecule has 0 aromatic carbocycles. The summed E-state index contributed by atoms with van der Waals surface area (Å²) >= 11 is 0. The second kappa shape index (κ2) is 8.06. The first kappa shape index (κ1) is 14.9. The summed E-state index contributed by atoms with van der Waals surface area (Å²) in [5.74, 6) is -0.401. The van der Waals surface area contributed by atoms with Gasteiger partial charge in [0.15, 0.2) is 0 Å². The fraction of sp³-hybridized carbons (Fsp3) is 0.800. The van der Waals surface area contributed by atoms with Crippen LogP contribution in [0.5, 0.6) is 0 Å². The average Bonchev–Trinajstić information content (AvgIpc) is 2.20. The molecule has 0 saturated carbocycles. The highest BCUT2D eigenvalue weighted by molar-refractivity contribution is 5.83. The number of esters is 1. The van der Waals surface area contributed by atoms with Crippen molar-refractivity contribution in [1.29, 1.82) is 0 Å². The summed E-state index contributed by atoms with van der Waals surface area (Å²) in [5.41, 5.74) is 2.62. The molecule has 1 unspecified atom stereocenters. The van der Waals surface area contributed by atoms with E-state index in [9.17, 15) is 9.59 Å². The molecule has 0 spiro atoms. The Morgan fingerprint density at radius 3 is 2.38 bits per heavy atom. The maximum atomic E-state index is 11.2. The lowest BCUT2D eigenvalue weighted by molar-refractivity contribution is -0.145. The Balaban J connectivity index is 3.92. The van der Waals surface area contributed by atoms with Crippen LogP contribution in [0.4, 0.5) is 0 Å². The van der Waals surface area contributed by atoms with Gasteiger partial charge < -0.3 is 14.9 Å². The van der Waals surface area contributed by atoms with E-state index in [1.54, 1.807) is 0 Å². The zero-order valence-corrected chi connectivity index (χ0v) is 10.2. The zero-order valence-electron chi connectivity index (χ0n) is 10.2. The molecule has 0 heterocycles. The summed E-state index contributed by atoms with van der Waals surface area (Å²) in [7, 11) is 1.27. The van der Waals surface area contributed by atoms with Crippen molar-refractivity contribution in [3.05, 3.63) is 0 Å². The number of hydrogen-bond donors (Lipinski definition) is 2. The van der Waals surface area contributed by atoms with Gasteiger partial charge in [0.1, 0.15) is 6.04 Å². The minimum Gasteiger partial charge on any atom is -0.467 e. The van der Waals surface area contributed by atoms with Crippen molar-refractivity contribution in [2.75, 3.05) is 20.3 Å². The van der Waals surface area contributed by atoms with E-state index in [4.69, 9.17) is 4.84 Å². The lowest BCUT2D eigenvalue weighted by atomic mass is 10.2. The Morgan fingerprint density at radius 2 is 1.94 bits per heavy atom. The second-order valence-electron chi connectivity index (χ2n) is 3.83. The van der Waals surface area contributed by atoms with Gasteiger partial charge in [-0.1, -0.05) is 13.8 Å². The van der Waals surface area contributed by atoms with E-state index in [1.165, 1.54) is 14.0 Å². The third kappa shape index (κ3) is 7.19. The highest BCUT2D eigenvalue weighted by atomic mass is 16.6. The average molecular weight is 232 g/mol. The molecule has 0 aliphatic rings. The van der Waals surface area contributed by atoms with Crippen molar-refractivity contribution in [3.8, 4) is 0 Å². The van der Waals surface area contributed by atoms with Crippen LogP contribution in [0.25, 0.3) is 0 Å². The third-order valence-corrected chi connectivity index (χ3v) is 1.67. The monoisotopic (exact) mass is 232 g/mol. The Hall–Kier alpha value is -1.14. The van der Waals surface area contributed by atoms with E-state index < -0.39 is 12.0 Å². The molecule has 16 heavy (non-hydrogen) atoms. The summed E-state index contributed by atoms with van der Waals surface area (Å²) in [6, 6.07) is -0.727. The normalized spacial score (nSPS) is 12.3. The van der Waals surface area contributed by atoms with Crippen molar-refractivity contribution in [2.45, 2.75) is 26.8 Å². The first-order chi connectivity index (χ1) is 7.47. The number of carbonyl (C=O) groups is 2. The van der Waals surface area contributed by atoms with Gasteiger partial charge in [-0.25, -0.2) is 4.79 Å². The minimum absolute atomic E-state index is 0.180. The van der Waals surface area contributed by atoms with Gasteiger partial charge in [-0.05, 0) is 5.92 Å². The van der Waals surface area contributed by atoms with E-state index in [1.807, 2.05) is 13.8 Å². The fourth-order valence-electron chi connectivity index (χ4n) is 0.949. The van der Waals surface area contributed by atoms with Crippen molar-refractivity contribution >= 4 is 11.9 Å². The summed E-state index contributed by atoms with van der Waals surface area (Å²) in [5, 5.41) is 2.46. The first-order valence-corrected chi connectivity index (χ1v) is 5.17. The van der Waals surface area contributed by atoms with E-state index in [0.717, 1.165) is 0 Å². The topological polar surface area (TPSA) is 76.7 Å². The second-order valence-corrected chi connectivity index (χ2v) is 3.83. The molecule has 0 aromatic heterocycles. The van der Waals surface area contributed by atoms with Crippen LogP contribution in [0, 0.1) is 5.92 Å². The largest absolute Gasteiger partial charge is 0.467 e. The number of nitrogens with one attached hydrogen (secondary N) is 2. The molecule has 94 valence electrons. The third-order valence-electron chi connectivity index (χ3n) is 1.67. The number of hydrogen-bond acceptors (Lipinski definition) is 5. The van der Waals surface area contributed by atoms with E-state index in [-0.39, 0.29) is 12.5 Å². The fourth-order valence-corrected chi connectivity index (χ4v) is 0.949. The van der Waals surface area contributed by atoms with Gasteiger partial charge >= 0.3 is 5.97 Å². The maximum absolute atomic E-state index is 11.2. The van der Waals surface area contributed by atoms with Gasteiger partial charge in [-0.3, -0.25) is 4.79 Å². The van der Waals surface area contributed by atoms with Crippen molar-refractivity contribution < 1.29 is 19.2 Å². The Labute approximate surface area is 95.6 Å². The van der Waals surface area contributed by atoms with Crippen LogP contribution in [0.3, 0.4) is 0 Å². The van der Waals surface area contributed by atoms with Gasteiger partial charge in [0.2, 0.25) is 5.91 Å². The molecule has 1 amide bonds. The van der Waals surface area contributed by atoms with Gasteiger partial charge in [-0.15, -0.1) is 0 Å². The van der Waals surface area contributed by atoms with E-state index in [0.29, 0.717) is 12.5 Å². The SMILES string of the molecule is COC(=O)C(CNOCC(C)C)NC(C)=O. The van der Waals surface area contributed by atoms with Gasteiger partial charge in [0.05, 0.1) is 20.3 Å². The predicted molar refractivity (Wildman–Crippen MR) is 58.4 cm³/mol. The van der Waals surface area contributed by atoms with Gasteiger partial charge in [0.25, 0.3) is 0 Å².